The minimum atomic E-state index is -4.73. The molecule has 12 heteroatoms. The summed E-state index contributed by atoms with van der Waals surface area (Å²) in [5, 5.41) is 4.66. The molecule has 0 aliphatic heterocycles. The van der Waals surface area contributed by atoms with Gasteiger partial charge < -0.3 is 0 Å². The Morgan fingerprint density at radius 2 is 1.57 bits per heavy atom. The first-order chi connectivity index (χ1) is 12.7. The van der Waals surface area contributed by atoms with Crippen molar-refractivity contribution < 1.29 is 30.0 Å². The highest BCUT2D eigenvalue weighted by molar-refractivity contribution is 7.89. The molecule has 0 aliphatic rings. The van der Waals surface area contributed by atoms with Crippen molar-refractivity contribution in [3.05, 3.63) is 58.6 Å². The third-order valence-electron chi connectivity index (χ3n) is 4.15. The smallest absolute Gasteiger partial charge is 0.225 e. The van der Waals surface area contributed by atoms with E-state index in [4.69, 9.17) is 16.7 Å². The van der Waals surface area contributed by atoms with Crippen LogP contribution in [0.2, 0.25) is 5.02 Å². The van der Waals surface area contributed by atoms with Gasteiger partial charge in [-0.2, -0.15) is 17.5 Å². The fourth-order valence-corrected chi connectivity index (χ4v) is 4.75. The number of hydrogen-bond donors (Lipinski definition) is 1. The van der Waals surface area contributed by atoms with E-state index in [9.17, 15) is 30.0 Å². The van der Waals surface area contributed by atoms with Crippen molar-refractivity contribution in [3.8, 4) is 0 Å². The highest BCUT2D eigenvalue weighted by Crippen LogP contribution is 2.35. The summed E-state index contributed by atoms with van der Waals surface area (Å²) in [6.45, 7) is 1.49. The van der Waals surface area contributed by atoms with Crippen LogP contribution in [0.25, 0.3) is 0 Å². The number of sulfonamides is 2. The molecule has 154 valence electrons. The van der Waals surface area contributed by atoms with Crippen molar-refractivity contribution in [2.75, 3.05) is 7.05 Å². The van der Waals surface area contributed by atoms with Crippen LogP contribution in [0.1, 0.15) is 24.1 Å². The van der Waals surface area contributed by atoms with Gasteiger partial charge in [-0.15, -0.1) is 0 Å². The van der Waals surface area contributed by atoms with E-state index in [-0.39, 0.29) is 9.92 Å². The first kappa shape index (κ1) is 22.6. The molecule has 0 heterocycles. The van der Waals surface area contributed by atoms with Crippen molar-refractivity contribution >= 4 is 31.6 Å². The van der Waals surface area contributed by atoms with Gasteiger partial charge in [-0.1, -0.05) is 23.7 Å². The molecule has 2 rings (SSSR count). The fraction of sp³-hybridized carbons (Fsp3) is 0.250. The highest BCUT2D eigenvalue weighted by Gasteiger charge is 2.34. The van der Waals surface area contributed by atoms with Crippen LogP contribution in [0.3, 0.4) is 0 Å². The highest BCUT2D eigenvalue weighted by atomic mass is 35.5. The predicted molar refractivity (Wildman–Crippen MR) is 97.6 cm³/mol. The summed E-state index contributed by atoms with van der Waals surface area (Å²) in [4.78, 5) is -0.839. The van der Waals surface area contributed by atoms with Crippen molar-refractivity contribution in [1.82, 2.24) is 4.31 Å². The zero-order valence-electron chi connectivity index (χ0n) is 14.6. The Morgan fingerprint density at radius 3 is 2.04 bits per heavy atom. The van der Waals surface area contributed by atoms with Gasteiger partial charge in [0.2, 0.25) is 20.0 Å². The predicted octanol–water partition coefficient (Wildman–Crippen LogP) is 3.39. The maximum atomic E-state index is 12.9. The van der Waals surface area contributed by atoms with Crippen LogP contribution in [-0.2, 0) is 26.2 Å². The molecule has 1 atom stereocenters. The second kappa shape index (κ2) is 7.64. The molecule has 28 heavy (non-hydrogen) atoms. The van der Waals surface area contributed by atoms with E-state index in [1.165, 1.54) is 38.2 Å². The van der Waals surface area contributed by atoms with Crippen molar-refractivity contribution in [2.24, 2.45) is 5.14 Å². The molecule has 0 aromatic heterocycles. The molecule has 1 unspecified atom stereocenters. The van der Waals surface area contributed by atoms with Crippen LogP contribution in [0.5, 0.6) is 0 Å². The number of hydrogen-bond acceptors (Lipinski definition) is 4. The van der Waals surface area contributed by atoms with E-state index in [0.29, 0.717) is 17.7 Å². The number of nitrogens with two attached hydrogens (primary N) is 1. The number of nitrogens with zero attached hydrogens (tertiary/aromatic N) is 1. The molecule has 2 aromatic rings. The summed E-state index contributed by atoms with van der Waals surface area (Å²) in [6.07, 6.45) is -4.73. The van der Waals surface area contributed by atoms with Gasteiger partial charge in [0, 0.05) is 13.1 Å². The van der Waals surface area contributed by atoms with Crippen LogP contribution >= 0.6 is 11.6 Å². The monoisotopic (exact) mass is 456 g/mol. The lowest BCUT2D eigenvalue weighted by Gasteiger charge is -2.25. The molecule has 2 N–H and O–H groups in total. The molecule has 0 aliphatic carbocycles. The lowest BCUT2D eigenvalue weighted by molar-refractivity contribution is -0.137. The Kier molecular flexibility index (Phi) is 6.17. The lowest BCUT2D eigenvalue weighted by atomic mass is 10.1. The molecule has 0 fully saturated rings. The summed E-state index contributed by atoms with van der Waals surface area (Å²) >= 11 is 5.84. The quantitative estimate of drug-likeness (QED) is 0.745. The second-order valence-corrected chi connectivity index (χ2v) is 9.89. The molecule has 6 nitrogen and oxygen atoms in total. The number of primary sulfonamides is 1. The molecule has 0 amide bonds. The van der Waals surface area contributed by atoms with E-state index < -0.39 is 42.7 Å². The van der Waals surface area contributed by atoms with Crippen LogP contribution in [0.4, 0.5) is 13.2 Å². The largest absolute Gasteiger partial charge is 0.416 e. The van der Waals surface area contributed by atoms with Gasteiger partial charge in [0.1, 0.15) is 4.90 Å². The van der Waals surface area contributed by atoms with E-state index in [0.717, 1.165) is 10.4 Å². The van der Waals surface area contributed by atoms with Gasteiger partial charge in [0.25, 0.3) is 0 Å². The summed E-state index contributed by atoms with van der Waals surface area (Å²) < 4.78 is 87.9. The summed E-state index contributed by atoms with van der Waals surface area (Å²) in [7, 11) is -7.11. The van der Waals surface area contributed by atoms with Crippen LogP contribution in [0.15, 0.2) is 52.3 Å². The van der Waals surface area contributed by atoms with E-state index >= 15 is 0 Å². The normalized spacial score (nSPS) is 14.3. The van der Waals surface area contributed by atoms with Gasteiger partial charge in [0.15, 0.2) is 0 Å². The number of alkyl halides is 3. The average molecular weight is 457 g/mol. The molecule has 0 saturated carbocycles. The summed E-state index contributed by atoms with van der Waals surface area (Å²) in [6, 6.07) is 6.36. The minimum absolute atomic E-state index is 0.158. The molecule has 0 radical (unpaired) electrons. The van der Waals surface area contributed by atoms with Crippen molar-refractivity contribution in [2.45, 2.75) is 28.9 Å². The van der Waals surface area contributed by atoms with Crippen molar-refractivity contribution in [1.29, 1.82) is 0 Å². The Morgan fingerprint density at radius 1 is 1.04 bits per heavy atom. The van der Waals surface area contributed by atoms with E-state index in [2.05, 4.69) is 0 Å². The fourth-order valence-electron chi connectivity index (χ4n) is 2.39. The van der Waals surface area contributed by atoms with Gasteiger partial charge in [-0.3, -0.25) is 0 Å². The summed E-state index contributed by atoms with van der Waals surface area (Å²) in [5.74, 6) is 0. The number of rotatable bonds is 5. The molecule has 0 saturated heterocycles. The van der Waals surface area contributed by atoms with Crippen LogP contribution in [0, 0.1) is 0 Å². The molecule has 0 bridgehead atoms. The minimum Gasteiger partial charge on any atom is -0.225 e. The Hall–Kier alpha value is -1.66. The topological polar surface area (TPSA) is 97.5 Å². The van der Waals surface area contributed by atoms with E-state index in [1.54, 1.807) is 0 Å². The van der Waals surface area contributed by atoms with Crippen LogP contribution < -0.4 is 5.14 Å². The number of benzene rings is 2. The Bertz CT molecular complexity index is 1090. The molecule has 0 spiro atoms. The zero-order valence-corrected chi connectivity index (χ0v) is 17.0. The maximum absolute atomic E-state index is 12.9. The average Bonchev–Trinajstić information content (AvgIpc) is 2.59. The standard InChI is InChI=1S/C16H16ClF3N2O4S2/c1-10(11-3-6-13(7-4-11)27(21,23)24)22(2)28(25,26)15-9-12(16(18,19)20)5-8-14(15)17/h3-10H,1-2H3,(H2,21,23,24). The van der Waals surface area contributed by atoms with Crippen LogP contribution in [-0.4, -0.2) is 28.2 Å². The first-order valence-corrected chi connectivity index (χ1v) is 11.0. The maximum Gasteiger partial charge on any atom is 0.416 e. The van der Waals surface area contributed by atoms with Gasteiger partial charge in [0.05, 0.1) is 15.5 Å². The lowest BCUT2D eigenvalue weighted by Crippen LogP contribution is -2.30. The summed E-state index contributed by atoms with van der Waals surface area (Å²) in [5.41, 5.74) is -0.740. The molecule has 2 aromatic carbocycles. The second-order valence-electron chi connectivity index (χ2n) is 5.95. The van der Waals surface area contributed by atoms with Gasteiger partial charge in [-0.25, -0.2) is 22.0 Å². The number of halogens is 4. The third kappa shape index (κ3) is 4.66. The Balaban J connectivity index is 2.43. The third-order valence-corrected chi connectivity index (χ3v) is 7.49. The van der Waals surface area contributed by atoms with Gasteiger partial charge in [-0.05, 0) is 42.8 Å². The van der Waals surface area contributed by atoms with Gasteiger partial charge >= 0.3 is 6.18 Å². The Labute approximate surface area is 165 Å². The van der Waals surface area contributed by atoms with Crippen molar-refractivity contribution in [3.63, 3.8) is 0 Å². The first-order valence-electron chi connectivity index (χ1n) is 7.63. The van der Waals surface area contributed by atoms with E-state index in [1.807, 2.05) is 0 Å². The molecular weight excluding hydrogens is 441 g/mol. The SMILES string of the molecule is CC(c1ccc(S(N)(=O)=O)cc1)N(C)S(=O)(=O)c1cc(C(F)(F)F)ccc1Cl. The zero-order chi connectivity index (χ0) is 21.5. The molecular formula is C16H16ClF3N2O4S2.